The molecule has 4 rings (SSSR count). The summed E-state index contributed by atoms with van der Waals surface area (Å²) < 4.78 is 34.6. The Balaban J connectivity index is 1.94. The van der Waals surface area contributed by atoms with Crippen molar-refractivity contribution >= 4 is 44.6 Å². The van der Waals surface area contributed by atoms with Crippen LogP contribution in [0.5, 0.6) is 11.5 Å². The molecular formula is C25H19ClO6S. The van der Waals surface area contributed by atoms with E-state index in [4.69, 9.17) is 21.1 Å². The summed E-state index contributed by atoms with van der Waals surface area (Å²) in [5.74, 6) is -0.0768. The van der Waals surface area contributed by atoms with E-state index in [9.17, 15) is 18.3 Å². The molecule has 8 heteroatoms. The van der Waals surface area contributed by atoms with Crippen LogP contribution in [0.15, 0.2) is 77.4 Å². The fraction of sp³-hybridized carbons (Fsp3) is 0.0800. The number of methoxy groups -OCH3 is 1. The molecule has 0 amide bonds. The maximum atomic E-state index is 13.0. The smallest absolute Gasteiger partial charge is 0.344 e. The molecule has 0 atom stereocenters. The van der Waals surface area contributed by atoms with Gasteiger partial charge < -0.3 is 14.6 Å². The van der Waals surface area contributed by atoms with Crippen LogP contribution in [-0.4, -0.2) is 32.9 Å². The largest absolute Gasteiger partial charge is 0.504 e. The second-order valence-electron chi connectivity index (χ2n) is 7.36. The molecule has 6 nitrogen and oxygen atoms in total. The number of phenolic OH excluding ortho intramolecular Hbond substituents is 1. The van der Waals surface area contributed by atoms with Crippen molar-refractivity contribution in [3.05, 3.63) is 94.2 Å². The Hall–Kier alpha value is -3.55. The minimum atomic E-state index is -3.39. The number of phenols is 1. The third-order valence-corrected chi connectivity index (χ3v) is 6.58. The van der Waals surface area contributed by atoms with E-state index in [2.05, 4.69) is 0 Å². The molecule has 1 N–H and O–H groups in total. The summed E-state index contributed by atoms with van der Waals surface area (Å²) in [6.45, 7) is 0. The van der Waals surface area contributed by atoms with Gasteiger partial charge in [0.1, 0.15) is 5.76 Å². The first-order valence-corrected chi connectivity index (χ1v) is 12.1. The lowest BCUT2D eigenvalue weighted by Crippen LogP contribution is -1.99. The standard InChI is InChI=1S/C25H19ClO6S/c1-31-21-13-15(7-12-20(21)27)14-22-23(16-8-10-17(11-9-16)33(2,29)30)24(25(28)32-22)18-5-3-4-6-19(18)26/h3-14,27H,1-2H3/b22-14-. The van der Waals surface area contributed by atoms with Crippen LogP contribution < -0.4 is 4.74 Å². The van der Waals surface area contributed by atoms with Gasteiger partial charge in [-0.3, -0.25) is 0 Å². The number of hydrogen-bond acceptors (Lipinski definition) is 6. The van der Waals surface area contributed by atoms with Crippen LogP contribution in [0.4, 0.5) is 0 Å². The van der Waals surface area contributed by atoms with Crippen molar-refractivity contribution < 1.29 is 27.8 Å². The lowest BCUT2D eigenvalue weighted by molar-refractivity contribution is -0.131. The average Bonchev–Trinajstić information content (AvgIpc) is 3.10. The van der Waals surface area contributed by atoms with Gasteiger partial charge in [0.2, 0.25) is 0 Å². The molecule has 1 aliphatic heterocycles. The number of ether oxygens (including phenoxy) is 2. The Morgan fingerprint density at radius 3 is 2.33 bits per heavy atom. The van der Waals surface area contributed by atoms with Gasteiger partial charge in [0.05, 0.1) is 17.6 Å². The molecule has 0 spiro atoms. The number of sulfone groups is 1. The second kappa shape index (κ2) is 8.77. The van der Waals surface area contributed by atoms with Crippen LogP contribution in [0.25, 0.3) is 17.2 Å². The zero-order valence-corrected chi connectivity index (χ0v) is 19.3. The molecule has 3 aromatic carbocycles. The summed E-state index contributed by atoms with van der Waals surface area (Å²) in [6.07, 6.45) is 2.77. The number of hydrogen-bond donors (Lipinski definition) is 1. The van der Waals surface area contributed by atoms with Crippen molar-refractivity contribution in [2.24, 2.45) is 0 Å². The molecule has 1 heterocycles. The molecule has 0 aliphatic carbocycles. The summed E-state index contributed by atoms with van der Waals surface area (Å²) in [6, 6.07) is 17.8. The van der Waals surface area contributed by atoms with E-state index in [-0.39, 0.29) is 27.7 Å². The zero-order valence-electron chi connectivity index (χ0n) is 17.7. The van der Waals surface area contributed by atoms with Gasteiger partial charge in [0, 0.05) is 22.4 Å². The minimum Gasteiger partial charge on any atom is -0.504 e. The molecular weight excluding hydrogens is 464 g/mol. The van der Waals surface area contributed by atoms with Crippen molar-refractivity contribution in [3.8, 4) is 11.5 Å². The maximum absolute atomic E-state index is 13.0. The van der Waals surface area contributed by atoms with Crippen LogP contribution >= 0.6 is 11.6 Å². The maximum Gasteiger partial charge on any atom is 0.344 e. The molecule has 0 saturated heterocycles. The normalized spacial score (nSPS) is 15.1. The Bertz CT molecular complexity index is 1420. The number of cyclic esters (lactones) is 1. The number of esters is 1. The third-order valence-electron chi connectivity index (χ3n) is 5.12. The first-order valence-electron chi connectivity index (χ1n) is 9.80. The van der Waals surface area contributed by atoms with Gasteiger partial charge in [0.15, 0.2) is 21.3 Å². The van der Waals surface area contributed by atoms with E-state index >= 15 is 0 Å². The molecule has 0 unspecified atom stereocenters. The summed E-state index contributed by atoms with van der Waals surface area (Å²) in [7, 11) is -1.95. The number of carbonyl (C=O) groups excluding carboxylic acids is 1. The monoisotopic (exact) mass is 482 g/mol. The van der Waals surface area contributed by atoms with E-state index in [0.717, 1.165) is 6.26 Å². The van der Waals surface area contributed by atoms with E-state index in [1.54, 1.807) is 54.6 Å². The lowest BCUT2D eigenvalue weighted by atomic mass is 9.94. The molecule has 1 aliphatic rings. The highest BCUT2D eigenvalue weighted by Crippen LogP contribution is 2.43. The highest BCUT2D eigenvalue weighted by Gasteiger charge is 2.33. The van der Waals surface area contributed by atoms with Crippen molar-refractivity contribution in [2.75, 3.05) is 13.4 Å². The van der Waals surface area contributed by atoms with Gasteiger partial charge >= 0.3 is 5.97 Å². The molecule has 0 radical (unpaired) electrons. The lowest BCUT2D eigenvalue weighted by Gasteiger charge is -2.09. The Morgan fingerprint density at radius 1 is 1.00 bits per heavy atom. The highest BCUT2D eigenvalue weighted by atomic mass is 35.5. The van der Waals surface area contributed by atoms with Gasteiger partial charge in [-0.05, 0) is 47.5 Å². The summed E-state index contributed by atoms with van der Waals surface area (Å²) in [4.78, 5) is 13.1. The predicted molar refractivity (Wildman–Crippen MR) is 127 cm³/mol. The molecule has 0 fully saturated rings. The number of carbonyl (C=O) groups is 1. The topological polar surface area (TPSA) is 89.9 Å². The molecule has 0 bridgehead atoms. The first-order chi connectivity index (χ1) is 15.7. The van der Waals surface area contributed by atoms with Gasteiger partial charge in [-0.2, -0.15) is 0 Å². The van der Waals surface area contributed by atoms with Gasteiger partial charge in [-0.15, -0.1) is 0 Å². The predicted octanol–water partition coefficient (Wildman–Crippen LogP) is 4.97. The van der Waals surface area contributed by atoms with Crippen LogP contribution in [0, 0.1) is 0 Å². The fourth-order valence-corrected chi connectivity index (χ4v) is 4.39. The van der Waals surface area contributed by atoms with E-state index in [1.165, 1.54) is 25.3 Å². The van der Waals surface area contributed by atoms with Crippen LogP contribution in [0.2, 0.25) is 5.02 Å². The second-order valence-corrected chi connectivity index (χ2v) is 9.78. The molecule has 168 valence electrons. The van der Waals surface area contributed by atoms with Crippen molar-refractivity contribution in [1.82, 2.24) is 0 Å². The van der Waals surface area contributed by atoms with Crippen LogP contribution in [-0.2, 0) is 19.4 Å². The molecule has 0 aromatic heterocycles. The summed E-state index contributed by atoms with van der Waals surface area (Å²) in [5, 5.41) is 10.3. The number of allylic oxidation sites excluding steroid dienone is 1. The van der Waals surface area contributed by atoms with Gasteiger partial charge in [-0.1, -0.05) is 48.0 Å². The van der Waals surface area contributed by atoms with Crippen molar-refractivity contribution in [1.29, 1.82) is 0 Å². The van der Waals surface area contributed by atoms with Gasteiger partial charge in [-0.25, -0.2) is 13.2 Å². The Kier molecular flexibility index (Phi) is 6.01. The highest BCUT2D eigenvalue weighted by molar-refractivity contribution is 7.90. The summed E-state index contributed by atoms with van der Waals surface area (Å²) in [5.41, 5.74) is 2.45. The van der Waals surface area contributed by atoms with Crippen LogP contribution in [0.1, 0.15) is 16.7 Å². The number of rotatable bonds is 5. The SMILES string of the molecule is COc1cc(/C=C2\OC(=O)C(c3ccccc3Cl)=C2c2ccc(S(C)(=O)=O)cc2)ccc1O. The summed E-state index contributed by atoms with van der Waals surface area (Å²) >= 11 is 6.39. The molecule has 3 aromatic rings. The van der Waals surface area contributed by atoms with Crippen molar-refractivity contribution in [2.45, 2.75) is 4.90 Å². The van der Waals surface area contributed by atoms with Crippen LogP contribution in [0.3, 0.4) is 0 Å². The van der Waals surface area contributed by atoms with Crippen molar-refractivity contribution in [3.63, 3.8) is 0 Å². The number of aromatic hydroxyl groups is 1. The average molecular weight is 483 g/mol. The Labute approximate surface area is 196 Å². The van der Waals surface area contributed by atoms with E-state index in [0.29, 0.717) is 27.3 Å². The Morgan fingerprint density at radius 2 is 1.70 bits per heavy atom. The third kappa shape index (κ3) is 4.51. The molecule has 0 saturated carbocycles. The van der Waals surface area contributed by atoms with Gasteiger partial charge in [0.25, 0.3) is 0 Å². The quantitative estimate of drug-likeness (QED) is 0.516. The minimum absolute atomic E-state index is 0.0213. The number of benzene rings is 3. The first kappa shape index (κ1) is 22.6. The fourth-order valence-electron chi connectivity index (χ4n) is 3.53. The van der Waals surface area contributed by atoms with E-state index < -0.39 is 15.8 Å². The van der Waals surface area contributed by atoms with E-state index in [1.807, 2.05) is 0 Å². The zero-order chi connectivity index (χ0) is 23.8. The number of halogens is 1. The molecule has 33 heavy (non-hydrogen) atoms.